The molecule has 0 saturated heterocycles. The van der Waals surface area contributed by atoms with Gasteiger partial charge in [-0.25, -0.2) is 8.42 Å². The maximum absolute atomic E-state index is 11.8. The Morgan fingerprint density at radius 3 is 2.31 bits per heavy atom. The molecule has 0 spiro atoms. The maximum Gasteiger partial charge on any atom is 0.158 e. The van der Waals surface area contributed by atoms with Crippen molar-refractivity contribution in [3.05, 3.63) is 29.8 Å². The van der Waals surface area contributed by atoms with Crippen molar-refractivity contribution in [2.24, 2.45) is 5.73 Å². The second-order valence-corrected chi connectivity index (χ2v) is 6.12. The lowest BCUT2D eigenvalue weighted by Crippen LogP contribution is -2.27. The Labute approximate surface area is 96.3 Å². The quantitative estimate of drug-likeness (QED) is 0.836. The molecular weight excluding hydrogens is 226 g/mol. The van der Waals surface area contributed by atoms with Crippen LogP contribution in [0.15, 0.2) is 24.3 Å². The molecule has 0 amide bonds. The predicted molar refractivity (Wildman–Crippen MR) is 64.1 cm³/mol. The Kier molecular flexibility index (Phi) is 4.32. The maximum atomic E-state index is 11.8. The molecule has 1 aromatic carbocycles. The van der Waals surface area contributed by atoms with Gasteiger partial charge in [0.1, 0.15) is 5.75 Å². The Morgan fingerprint density at radius 1 is 1.31 bits per heavy atom. The minimum Gasteiger partial charge on any atom is -0.497 e. The summed E-state index contributed by atoms with van der Waals surface area (Å²) in [5.74, 6) is 0.739. The summed E-state index contributed by atoms with van der Waals surface area (Å²) in [6.07, 6.45) is 0. The molecule has 1 aromatic rings. The fourth-order valence-electron chi connectivity index (χ4n) is 1.24. The monoisotopic (exact) mass is 243 g/mol. The van der Waals surface area contributed by atoms with Crippen LogP contribution in [0.4, 0.5) is 0 Å². The average Bonchev–Trinajstić information content (AvgIpc) is 2.28. The Hall–Kier alpha value is -1.07. The lowest BCUT2D eigenvalue weighted by molar-refractivity contribution is 0.414. The lowest BCUT2D eigenvalue weighted by Gasteiger charge is -2.10. The molecule has 0 aliphatic rings. The second kappa shape index (κ2) is 5.32. The molecule has 4 nitrogen and oxygen atoms in total. The van der Waals surface area contributed by atoms with E-state index in [1.54, 1.807) is 38.3 Å². The SMILES string of the molecule is COc1ccc(CS(=O)(=O)C(C)CN)cc1. The van der Waals surface area contributed by atoms with E-state index < -0.39 is 15.1 Å². The first-order chi connectivity index (χ1) is 7.49. The number of rotatable bonds is 5. The number of hydrogen-bond acceptors (Lipinski definition) is 4. The molecule has 0 bridgehead atoms. The smallest absolute Gasteiger partial charge is 0.158 e. The largest absolute Gasteiger partial charge is 0.497 e. The van der Waals surface area contributed by atoms with Gasteiger partial charge in [-0.1, -0.05) is 12.1 Å². The van der Waals surface area contributed by atoms with Crippen molar-refractivity contribution in [2.45, 2.75) is 17.9 Å². The van der Waals surface area contributed by atoms with Crippen LogP contribution in [0.5, 0.6) is 5.75 Å². The molecule has 0 aliphatic heterocycles. The molecule has 2 N–H and O–H groups in total. The molecule has 16 heavy (non-hydrogen) atoms. The minimum absolute atomic E-state index is 0.0232. The van der Waals surface area contributed by atoms with E-state index >= 15 is 0 Å². The van der Waals surface area contributed by atoms with Crippen LogP contribution in [0.2, 0.25) is 0 Å². The van der Waals surface area contributed by atoms with Gasteiger partial charge in [0.05, 0.1) is 18.1 Å². The van der Waals surface area contributed by atoms with Gasteiger partial charge in [-0.3, -0.25) is 0 Å². The van der Waals surface area contributed by atoms with E-state index in [0.717, 1.165) is 5.56 Å². The van der Waals surface area contributed by atoms with Gasteiger partial charge in [-0.2, -0.15) is 0 Å². The molecule has 90 valence electrons. The van der Waals surface area contributed by atoms with Crippen molar-refractivity contribution in [1.82, 2.24) is 0 Å². The van der Waals surface area contributed by atoms with Gasteiger partial charge in [0.25, 0.3) is 0 Å². The van der Waals surface area contributed by atoms with Crippen molar-refractivity contribution in [3.8, 4) is 5.75 Å². The topological polar surface area (TPSA) is 69.4 Å². The Bertz CT molecular complexity index is 425. The molecule has 0 fully saturated rings. The summed E-state index contributed by atoms with van der Waals surface area (Å²) in [4.78, 5) is 0. The Balaban J connectivity index is 2.80. The zero-order chi connectivity index (χ0) is 12.2. The van der Waals surface area contributed by atoms with Crippen LogP contribution in [0.1, 0.15) is 12.5 Å². The zero-order valence-electron chi connectivity index (χ0n) is 9.51. The molecule has 0 heterocycles. The van der Waals surface area contributed by atoms with Crippen molar-refractivity contribution in [2.75, 3.05) is 13.7 Å². The summed E-state index contributed by atoms with van der Waals surface area (Å²) in [5, 5.41) is -0.505. The zero-order valence-corrected chi connectivity index (χ0v) is 10.3. The molecule has 0 aliphatic carbocycles. The van der Waals surface area contributed by atoms with Crippen molar-refractivity contribution in [1.29, 1.82) is 0 Å². The van der Waals surface area contributed by atoms with Crippen LogP contribution in [-0.2, 0) is 15.6 Å². The highest BCUT2D eigenvalue weighted by Crippen LogP contribution is 2.15. The molecular formula is C11H17NO3S. The normalized spacial score (nSPS) is 13.4. The first-order valence-electron chi connectivity index (χ1n) is 5.04. The van der Waals surface area contributed by atoms with Gasteiger partial charge in [0.2, 0.25) is 0 Å². The van der Waals surface area contributed by atoms with Gasteiger partial charge >= 0.3 is 0 Å². The minimum atomic E-state index is -3.15. The van der Waals surface area contributed by atoms with Gasteiger partial charge in [0, 0.05) is 6.54 Å². The van der Waals surface area contributed by atoms with Crippen molar-refractivity contribution >= 4 is 9.84 Å². The third-order valence-electron chi connectivity index (χ3n) is 2.47. The van der Waals surface area contributed by atoms with Crippen LogP contribution in [0.25, 0.3) is 0 Å². The average molecular weight is 243 g/mol. The van der Waals surface area contributed by atoms with E-state index in [9.17, 15) is 8.42 Å². The third kappa shape index (κ3) is 3.21. The highest BCUT2D eigenvalue weighted by atomic mass is 32.2. The Morgan fingerprint density at radius 2 is 1.88 bits per heavy atom. The number of ether oxygens (including phenoxy) is 1. The van der Waals surface area contributed by atoms with Crippen LogP contribution < -0.4 is 10.5 Å². The summed E-state index contributed by atoms with van der Waals surface area (Å²) >= 11 is 0. The van der Waals surface area contributed by atoms with Gasteiger partial charge in [-0.15, -0.1) is 0 Å². The molecule has 1 rings (SSSR count). The van der Waals surface area contributed by atoms with E-state index in [2.05, 4.69) is 0 Å². The van der Waals surface area contributed by atoms with Crippen molar-refractivity contribution < 1.29 is 13.2 Å². The van der Waals surface area contributed by atoms with Crippen LogP contribution in [-0.4, -0.2) is 27.3 Å². The first-order valence-corrected chi connectivity index (χ1v) is 6.75. The van der Waals surface area contributed by atoms with E-state index in [1.165, 1.54) is 0 Å². The number of methoxy groups -OCH3 is 1. The fourth-order valence-corrected chi connectivity index (χ4v) is 2.48. The van der Waals surface area contributed by atoms with Gasteiger partial charge in [0.15, 0.2) is 9.84 Å². The summed E-state index contributed by atoms with van der Waals surface area (Å²) in [6.45, 7) is 1.78. The predicted octanol–water partition coefficient (Wildman–Crippen LogP) is 0.957. The van der Waals surface area contributed by atoms with Gasteiger partial charge in [-0.05, 0) is 24.6 Å². The third-order valence-corrected chi connectivity index (χ3v) is 4.63. The summed E-state index contributed by atoms with van der Waals surface area (Å²) in [5.41, 5.74) is 6.11. The van der Waals surface area contributed by atoms with Gasteiger partial charge < -0.3 is 10.5 Å². The number of benzene rings is 1. The highest BCUT2D eigenvalue weighted by Gasteiger charge is 2.19. The molecule has 5 heteroatoms. The number of hydrogen-bond donors (Lipinski definition) is 1. The van der Waals surface area contributed by atoms with E-state index in [1.807, 2.05) is 0 Å². The van der Waals surface area contributed by atoms with Crippen LogP contribution in [0.3, 0.4) is 0 Å². The number of sulfone groups is 1. The van der Waals surface area contributed by atoms with Crippen molar-refractivity contribution in [3.63, 3.8) is 0 Å². The molecule has 0 saturated carbocycles. The standard InChI is InChI=1S/C11H17NO3S/c1-9(7-12)16(13,14)8-10-3-5-11(15-2)6-4-10/h3-6,9H,7-8,12H2,1-2H3. The fraction of sp³-hybridized carbons (Fsp3) is 0.455. The molecule has 0 radical (unpaired) electrons. The molecule has 1 unspecified atom stereocenters. The van der Waals surface area contributed by atoms with Crippen LogP contribution in [0, 0.1) is 0 Å². The lowest BCUT2D eigenvalue weighted by atomic mass is 10.2. The highest BCUT2D eigenvalue weighted by molar-refractivity contribution is 7.91. The summed E-state index contributed by atoms with van der Waals surface area (Å²) in [6, 6.07) is 7.00. The van der Waals surface area contributed by atoms with E-state index in [-0.39, 0.29) is 12.3 Å². The van der Waals surface area contributed by atoms with E-state index in [0.29, 0.717) is 5.75 Å². The van der Waals surface area contributed by atoms with E-state index in [4.69, 9.17) is 10.5 Å². The first kappa shape index (κ1) is 13.0. The van der Waals surface area contributed by atoms with Crippen LogP contribution >= 0.6 is 0 Å². The molecule has 0 aromatic heterocycles. The summed E-state index contributed by atoms with van der Waals surface area (Å²) in [7, 11) is -1.58. The number of nitrogens with two attached hydrogens (primary N) is 1. The second-order valence-electron chi connectivity index (χ2n) is 3.70. The summed E-state index contributed by atoms with van der Waals surface area (Å²) < 4.78 is 28.5. The molecule has 1 atom stereocenters.